The summed E-state index contributed by atoms with van der Waals surface area (Å²) in [6.07, 6.45) is 0.979. The largest absolute Gasteiger partial charge is 0.495 e. The zero-order valence-corrected chi connectivity index (χ0v) is 21.0. The highest BCUT2D eigenvalue weighted by molar-refractivity contribution is 9.10. The molecule has 33 heavy (non-hydrogen) atoms. The highest BCUT2D eigenvalue weighted by Gasteiger charge is 2.33. The Balaban J connectivity index is 1.49. The van der Waals surface area contributed by atoms with Gasteiger partial charge in [0.25, 0.3) is 0 Å². The maximum atomic E-state index is 13.3. The quantitative estimate of drug-likeness (QED) is 0.386. The van der Waals surface area contributed by atoms with Gasteiger partial charge in [0, 0.05) is 24.7 Å². The summed E-state index contributed by atoms with van der Waals surface area (Å²) < 4.78 is 23.1. The van der Waals surface area contributed by atoms with Crippen LogP contribution < -0.4 is 9.47 Å². The second-order valence-corrected chi connectivity index (χ2v) is 9.35. The SMILES string of the molecule is COc1cc(C2=CCC(C(=O)C(OC)c3ccc(-c4nnc(C)s4)cc3)O2)cc(OC)c1Br. The van der Waals surface area contributed by atoms with Crippen LogP contribution in [0, 0.1) is 6.92 Å². The van der Waals surface area contributed by atoms with Gasteiger partial charge in [-0.2, -0.15) is 0 Å². The molecule has 0 saturated heterocycles. The number of aromatic nitrogens is 2. The van der Waals surface area contributed by atoms with Crippen LogP contribution in [0.5, 0.6) is 11.5 Å². The number of methoxy groups -OCH3 is 3. The Morgan fingerprint density at radius 3 is 2.30 bits per heavy atom. The molecule has 2 heterocycles. The van der Waals surface area contributed by atoms with Crippen LogP contribution in [0.3, 0.4) is 0 Å². The molecule has 0 aliphatic carbocycles. The van der Waals surface area contributed by atoms with E-state index in [0.717, 1.165) is 26.7 Å². The molecule has 0 fully saturated rings. The molecule has 4 rings (SSSR count). The van der Waals surface area contributed by atoms with Crippen molar-refractivity contribution in [3.8, 4) is 22.1 Å². The molecule has 172 valence electrons. The molecule has 0 saturated carbocycles. The van der Waals surface area contributed by atoms with Gasteiger partial charge in [-0.05, 0) is 46.6 Å². The van der Waals surface area contributed by atoms with E-state index in [9.17, 15) is 4.79 Å². The lowest BCUT2D eigenvalue weighted by Crippen LogP contribution is -2.27. The first-order chi connectivity index (χ1) is 15.9. The van der Waals surface area contributed by atoms with E-state index < -0.39 is 12.2 Å². The van der Waals surface area contributed by atoms with E-state index in [0.29, 0.717) is 28.2 Å². The number of ether oxygens (including phenoxy) is 4. The number of carbonyl (C=O) groups excluding carboxylic acids is 1. The van der Waals surface area contributed by atoms with E-state index in [4.69, 9.17) is 18.9 Å². The van der Waals surface area contributed by atoms with E-state index in [-0.39, 0.29) is 5.78 Å². The topological polar surface area (TPSA) is 79.8 Å². The van der Waals surface area contributed by atoms with Crippen LogP contribution in [0.15, 0.2) is 46.9 Å². The number of nitrogens with zero attached hydrogens (tertiary/aromatic N) is 2. The number of hydrogen-bond acceptors (Lipinski definition) is 8. The number of hydrogen-bond donors (Lipinski definition) is 0. The van der Waals surface area contributed by atoms with Gasteiger partial charge in [-0.15, -0.1) is 10.2 Å². The predicted octanol–water partition coefficient (Wildman–Crippen LogP) is 5.38. The minimum Gasteiger partial charge on any atom is -0.495 e. The molecular weight excluding hydrogens is 508 g/mol. The monoisotopic (exact) mass is 530 g/mol. The molecule has 0 amide bonds. The van der Waals surface area contributed by atoms with Crippen molar-refractivity contribution in [2.75, 3.05) is 21.3 Å². The van der Waals surface area contributed by atoms with Gasteiger partial charge in [0.15, 0.2) is 6.10 Å². The minimum absolute atomic E-state index is 0.140. The number of rotatable bonds is 8. The van der Waals surface area contributed by atoms with Crippen LogP contribution in [0.25, 0.3) is 16.3 Å². The molecule has 1 aromatic heterocycles. The molecule has 0 N–H and O–H groups in total. The van der Waals surface area contributed by atoms with Crippen molar-refractivity contribution in [1.29, 1.82) is 0 Å². The van der Waals surface area contributed by atoms with Crippen molar-refractivity contribution in [3.63, 3.8) is 0 Å². The van der Waals surface area contributed by atoms with Crippen LogP contribution >= 0.6 is 27.3 Å². The summed E-state index contributed by atoms with van der Waals surface area (Å²) in [5.41, 5.74) is 2.48. The zero-order valence-electron chi connectivity index (χ0n) is 18.6. The van der Waals surface area contributed by atoms with Crippen molar-refractivity contribution in [2.24, 2.45) is 0 Å². The van der Waals surface area contributed by atoms with Gasteiger partial charge >= 0.3 is 0 Å². The lowest BCUT2D eigenvalue weighted by atomic mass is 9.99. The molecule has 0 spiro atoms. The van der Waals surface area contributed by atoms with Gasteiger partial charge in [0.2, 0.25) is 5.78 Å². The van der Waals surface area contributed by atoms with Crippen LogP contribution in [0.4, 0.5) is 0 Å². The van der Waals surface area contributed by atoms with Gasteiger partial charge < -0.3 is 18.9 Å². The third-order valence-electron chi connectivity index (χ3n) is 5.31. The van der Waals surface area contributed by atoms with Gasteiger partial charge in [0.1, 0.15) is 37.9 Å². The number of ketones is 1. The average molecular weight is 531 g/mol. The van der Waals surface area contributed by atoms with Crippen LogP contribution in [0.2, 0.25) is 0 Å². The van der Waals surface area contributed by atoms with Crippen molar-refractivity contribution >= 4 is 38.8 Å². The Kier molecular flexibility index (Phi) is 7.11. The first-order valence-corrected chi connectivity index (χ1v) is 11.8. The van der Waals surface area contributed by atoms with Crippen molar-refractivity contribution in [3.05, 3.63) is 63.1 Å². The molecule has 0 radical (unpaired) electrons. The van der Waals surface area contributed by atoms with Crippen molar-refractivity contribution in [2.45, 2.75) is 25.6 Å². The summed E-state index contributed by atoms with van der Waals surface area (Å²) in [5.74, 6) is 1.70. The number of benzene rings is 2. The van der Waals surface area contributed by atoms with Gasteiger partial charge in [0.05, 0.1) is 14.2 Å². The fourth-order valence-corrected chi connectivity index (χ4v) is 4.88. The van der Waals surface area contributed by atoms with Gasteiger partial charge in [-0.1, -0.05) is 35.6 Å². The lowest BCUT2D eigenvalue weighted by Gasteiger charge is -2.20. The third-order valence-corrected chi connectivity index (χ3v) is 6.98. The van der Waals surface area contributed by atoms with E-state index in [1.165, 1.54) is 18.4 Å². The van der Waals surface area contributed by atoms with E-state index >= 15 is 0 Å². The fraction of sp³-hybridized carbons (Fsp3) is 0.292. The Morgan fingerprint density at radius 1 is 1.09 bits per heavy atom. The Hall–Kier alpha value is -2.75. The second kappa shape index (κ2) is 10.0. The number of halogens is 1. The predicted molar refractivity (Wildman–Crippen MR) is 130 cm³/mol. The highest BCUT2D eigenvalue weighted by atomic mass is 79.9. The summed E-state index contributed by atoms with van der Waals surface area (Å²) in [5, 5.41) is 9.97. The third kappa shape index (κ3) is 4.80. The maximum absolute atomic E-state index is 13.3. The summed E-state index contributed by atoms with van der Waals surface area (Å²) >= 11 is 4.99. The van der Waals surface area contributed by atoms with Crippen molar-refractivity contribution in [1.82, 2.24) is 10.2 Å². The van der Waals surface area contributed by atoms with E-state index in [1.54, 1.807) is 14.2 Å². The smallest absolute Gasteiger partial charge is 0.206 e. The summed E-state index contributed by atoms with van der Waals surface area (Å²) in [7, 11) is 4.69. The summed E-state index contributed by atoms with van der Waals surface area (Å²) in [6, 6.07) is 11.3. The first kappa shape index (κ1) is 23.4. The number of carbonyl (C=O) groups is 1. The molecule has 0 bridgehead atoms. The molecule has 2 aromatic carbocycles. The molecule has 2 unspecified atom stereocenters. The molecule has 7 nitrogen and oxygen atoms in total. The first-order valence-electron chi connectivity index (χ1n) is 10.2. The van der Waals surface area contributed by atoms with Gasteiger partial charge in [-0.3, -0.25) is 4.79 Å². The van der Waals surface area contributed by atoms with Crippen molar-refractivity contribution < 1.29 is 23.7 Å². The summed E-state index contributed by atoms with van der Waals surface area (Å²) in [4.78, 5) is 13.3. The maximum Gasteiger partial charge on any atom is 0.206 e. The van der Waals surface area contributed by atoms with E-state index in [2.05, 4.69) is 26.1 Å². The normalized spacial score (nSPS) is 16.2. The number of Topliss-reactive ketones (excluding diaryl/α,β-unsaturated/α-hetero) is 1. The standard InChI is InChI=1S/C24H23BrN2O5S/c1-13-26-27-24(33-13)15-7-5-14(6-8-15)23(31-4)22(28)18-10-9-17(32-18)16-11-19(29-2)21(25)20(12-16)30-3/h5-9,11-12,18,23H,10H2,1-4H3. The zero-order chi connectivity index (χ0) is 23.5. The average Bonchev–Trinajstić information content (AvgIpc) is 3.50. The summed E-state index contributed by atoms with van der Waals surface area (Å²) in [6.45, 7) is 1.92. The Labute approximate surface area is 204 Å². The molecule has 2 atom stereocenters. The molecule has 1 aliphatic heterocycles. The number of aryl methyl sites for hydroxylation is 1. The molecular formula is C24H23BrN2O5S. The van der Waals surface area contributed by atoms with E-state index in [1.807, 2.05) is 49.4 Å². The lowest BCUT2D eigenvalue weighted by molar-refractivity contribution is -0.136. The minimum atomic E-state index is -0.734. The molecule has 9 heteroatoms. The Morgan fingerprint density at radius 2 is 1.76 bits per heavy atom. The van der Waals surface area contributed by atoms with Crippen LogP contribution in [-0.4, -0.2) is 43.4 Å². The van der Waals surface area contributed by atoms with Crippen LogP contribution in [0.1, 0.15) is 28.7 Å². The second-order valence-electron chi connectivity index (χ2n) is 7.37. The van der Waals surface area contributed by atoms with Crippen LogP contribution in [-0.2, 0) is 14.3 Å². The molecule has 3 aromatic rings. The Bertz CT molecular complexity index is 1170. The van der Waals surface area contributed by atoms with Gasteiger partial charge in [-0.25, -0.2) is 0 Å². The molecule has 1 aliphatic rings. The highest BCUT2D eigenvalue weighted by Crippen LogP contribution is 2.40. The fourth-order valence-electron chi connectivity index (χ4n) is 3.63.